The van der Waals surface area contributed by atoms with Crippen LogP contribution in [0, 0.1) is 5.92 Å². The number of carbonyl (C=O) groups excluding carboxylic acids is 1. The Balaban J connectivity index is 1.50. The van der Waals surface area contributed by atoms with E-state index in [4.69, 9.17) is 4.74 Å². The van der Waals surface area contributed by atoms with Crippen LogP contribution in [0.5, 0.6) is 0 Å². The van der Waals surface area contributed by atoms with Crippen molar-refractivity contribution in [2.75, 3.05) is 30.5 Å². The van der Waals surface area contributed by atoms with Crippen LogP contribution in [0.2, 0.25) is 0 Å². The Bertz CT molecular complexity index is 987. The summed E-state index contributed by atoms with van der Waals surface area (Å²) in [5.74, 6) is 0.762. The van der Waals surface area contributed by atoms with Gasteiger partial charge in [0.15, 0.2) is 0 Å². The molecule has 0 bridgehead atoms. The highest BCUT2D eigenvalue weighted by molar-refractivity contribution is 7.80. The van der Waals surface area contributed by atoms with Crippen LogP contribution in [0.4, 0.5) is 10.5 Å². The molecule has 2 aromatic carbocycles. The Morgan fingerprint density at radius 2 is 1.79 bits per heavy atom. The molecule has 1 N–H and O–H groups in total. The molecule has 7 nitrogen and oxygen atoms in total. The van der Waals surface area contributed by atoms with Gasteiger partial charge in [0, 0.05) is 42.3 Å². The van der Waals surface area contributed by atoms with Gasteiger partial charge >= 0.3 is 6.09 Å². The van der Waals surface area contributed by atoms with Crippen LogP contribution >= 0.6 is 0 Å². The van der Waals surface area contributed by atoms with Gasteiger partial charge in [-0.2, -0.15) is 0 Å². The van der Waals surface area contributed by atoms with E-state index in [2.05, 4.69) is 17.4 Å². The Morgan fingerprint density at radius 3 is 2.47 bits per heavy atom. The molecule has 0 aromatic heterocycles. The van der Waals surface area contributed by atoms with Crippen molar-refractivity contribution in [3.8, 4) is 0 Å². The Labute approximate surface area is 205 Å². The van der Waals surface area contributed by atoms with E-state index in [1.165, 1.54) is 42.0 Å². The molecule has 1 atom stereocenters. The maximum atomic E-state index is 12.4. The van der Waals surface area contributed by atoms with Gasteiger partial charge in [-0.3, -0.25) is 8.51 Å². The summed E-state index contributed by atoms with van der Waals surface area (Å²) in [7, 11) is 0. The predicted molar refractivity (Wildman–Crippen MR) is 135 cm³/mol. The van der Waals surface area contributed by atoms with Crippen molar-refractivity contribution < 1.29 is 18.3 Å². The molecule has 1 saturated carbocycles. The number of fused-ring (bicyclic) bond motifs is 1. The smallest absolute Gasteiger partial charge is 0.409 e. The monoisotopic (exact) mass is 486 g/mol. The normalized spacial score (nSPS) is 18.7. The first-order valence-corrected chi connectivity index (χ1v) is 13.6. The van der Waals surface area contributed by atoms with Gasteiger partial charge in [0.2, 0.25) is 0 Å². The molecular formula is C26H36N3O4S-. The first kappa shape index (κ1) is 24.9. The number of amides is 1. The zero-order valence-electron chi connectivity index (χ0n) is 20.0. The van der Waals surface area contributed by atoms with E-state index in [0.717, 1.165) is 29.8 Å². The molecule has 2 aliphatic rings. The number of anilines is 1. The number of carbonyl (C=O) groups is 1. The largest absolute Gasteiger partial charge is 0.755 e. The molecule has 0 spiro atoms. The Kier molecular flexibility index (Phi) is 8.80. The van der Waals surface area contributed by atoms with Crippen LogP contribution in [0.15, 0.2) is 36.4 Å². The number of nitrogens with one attached hydrogen (secondary N) is 1. The summed E-state index contributed by atoms with van der Waals surface area (Å²) in [6.07, 6.45) is 7.49. The van der Waals surface area contributed by atoms with E-state index < -0.39 is 11.3 Å². The van der Waals surface area contributed by atoms with E-state index in [9.17, 15) is 13.6 Å². The van der Waals surface area contributed by atoms with Crippen LogP contribution in [-0.2, 0) is 22.5 Å². The zero-order chi connectivity index (χ0) is 23.9. The predicted octanol–water partition coefficient (Wildman–Crippen LogP) is 4.73. The molecule has 8 heteroatoms. The zero-order valence-corrected chi connectivity index (χ0v) is 20.9. The highest BCUT2D eigenvalue weighted by Crippen LogP contribution is 2.34. The lowest BCUT2D eigenvalue weighted by Crippen LogP contribution is -2.47. The lowest BCUT2D eigenvalue weighted by molar-refractivity contribution is 0.0976. The highest BCUT2D eigenvalue weighted by atomic mass is 32.2. The van der Waals surface area contributed by atoms with Gasteiger partial charge in [-0.15, -0.1) is 0 Å². The average molecular weight is 487 g/mol. The fraction of sp³-hybridized carbons (Fsp3) is 0.577. The van der Waals surface area contributed by atoms with Crippen molar-refractivity contribution in [3.05, 3.63) is 42.0 Å². The molecule has 4 rings (SSSR count). The number of piperidine rings is 1. The fourth-order valence-electron chi connectivity index (χ4n) is 5.39. The SMILES string of the molecule is CCOC(=O)N1CCC(N(c2ccc(CNCC3CCCCC3)c3ccccc23)S(=O)[O-])CC1. The summed E-state index contributed by atoms with van der Waals surface area (Å²) < 4.78 is 31.4. The van der Waals surface area contributed by atoms with Gasteiger partial charge in [-0.25, -0.2) is 4.79 Å². The first-order valence-electron chi connectivity index (χ1n) is 12.6. The standard InChI is InChI=1S/C26H37N3O4S/c1-2-33-26(30)28-16-14-22(15-17-28)29(34(31)32)25-13-12-21(23-10-6-7-11-24(23)25)19-27-18-20-8-4-3-5-9-20/h6-7,10-13,20,22,27H,2-5,8-9,14-19H2,1H3,(H,31,32)/p-1. The fourth-order valence-corrected chi connectivity index (χ4v) is 6.16. The van der Waals surface area contributed by atoms with Crippen molar-refractivity contribution >= 4 is 33.8 Å². The van der Waals surface area contributed by atoms with Crippen LogP contribution in [0.25, 0.3) is 10.8 Å². The van der Waals surface area contributed by atoms with Crippen LogP contribution in [0.3, 0.4) is 0 Å². The summed E-state index contributed by atoms with van der Waals surface area (Å²) >= 11 is -2.42. The van der Waals surface area contributed by atoms with E-state index >= 15 is 0 Å². The second-order valence-electron chi connectivity index (χ2n) is 9.38. The third kappa shape index (κ3) is 5.90. The summed E-state index contributed by atoms with van der Waals surface area (Å²) in [4.78, 5) is 13.7. The second-order valence-corrected chi connectivity index (χ2v) is 10.2. The average Bonchev–Trinajstić information content (AvgIpc) is 2.86. The van der Waals surface area contributed by atoms with Gasteiger partial charge in [-0.1, -0.05) is 49.6 Å². The lowest BCUT2D eigenvalue weighted by atomic mass is 9.89. The summed E-state index contributed by atoms with van der Waals surface area (Å²) in [6.45, 7) is 4.90. The van der Waals surface area contributed by atoms with Crippen molar-refractivity contribution in [2.24, 2.45) is 5.92 Å². The topological polar surface area (TPSA) is 84.9 Å². The number of rotatable bonds is 8. The maximum Gasteiger partial charge on any atom is 0.409 e. The first-order chi connectivity index (χ1) is 16.6. The Morgan fingerprint density at radius 1 is 1.09 bits per heavy atom. The second kappa shape index (κ2) is 12.0. The summed E-state index contributed by atoms with van der Waals surface area (Å²) in [5.41, 5.74) is 1.89. The van der Waals surface area contributed by atoms with Crippen LogP contribution in [-0.4, -0.2) is 52.0 Å². The van der Waals surface area contributed by atoms with Gasteiger partial charge in [0.1, 0.15) is 0 Å². The Hall–Kier alpha value is -2.16. The van der Waals surface area contributed by atoms with Gasteiger partial charge < -0.3 is 19.5 Å². The molecule has 0 radical (unpaired) electrons. The van der Waals surface area contributed by atoms with E-state index in [0.29, 0.717) is 38.2 Å². The minimum Gasteiger partial charge on any atom is -0.755 e. The number of ether oxygens (including phenoxy) is 1. The quantitative estimate of drug-likeness (QED) is 0.545. The van der Waals surface area contributed by atoms with Crippen LogP contribution in [0.1, 0.15) is 57.4 Å². The third-order valence-electron chi connectivity index (χ3n) is 7.18. The van der Waals surface area contributed by atoms with Crippen molar-refractivity contribution in [1.82, 2.24) is 10.2 Å². The maximum absolute atomic E-state index is 12.4. The highest BCUT2D eigenvalue weighted by Gasteiger charge is 2.29. The number of likely N-dealkylation sites (tertiary alicyclic amines) is 1. The lowest BCUT2D eigenvalue weighted by Gasteiger charge is -2.40. The third-order valence-corrected chi connectivity index (χ3v) is 8.00. The minimum absolute atomic E-state index is 0.192. The van der Waals surface area contributed by atoms with E-state index in [-0.39, 0.29) is 12.1 Å². The van der Waals surface area contributed by atoms with Gasteiger partial charge in [0.05, 0.1) is 12.3 Å². The molecule has 1 saturated heterocycles. The number of hydrogen-bond donors (Lipinski definition) is 1. The van der Waals surface area contributed by atoms with Crippen molar-refractivity contribution in [3.63, 3.8) is 0 Å². The molecule has 1 aliphatic carbocycles. The van der Waals surface area contributed by atoms with Gasteiger partial charge in [0.25, 0.3) is 0 Å². The number of hydrogen-bond acceptors (Lipinski definition) is 5. The molecule has 1 aliphatic heterocycles. The molecule has 1 unspecified atom stereocenters. The molecule has 34 heavy (non-hydrogen) atoms. The molecule has 1 heterocycles. The molecular weight excluding hydrogens is 450 g/mol. The summed E-state index contributed by atoms with van der Waals surface area (Å²) in [6, 6.07) is 11.8. The van der Waals surface area contributed by atoms with Gasteiger partial charge in [-0.05, 0) is 62.1 Å². The minimum atomic E-state index is -2.42. The number of nitrogens with zero attached hydrogens (tertiary/aromatic N) is 2. The molecule has 2 fully saturated rings. The summed E-state index contributed by atoms with van der Waals surface area (Å²) in [5, 5.41) is 5.66. The molecule has 2 aromatic rings. The van der Waals surface area contributed by atoms with E-state index in [1.807, 2.05) is 24.3 Å². The van der Waals surface area contributed by atoms with Crippen molar-refractivity contribution in [2.45, 2.75) is 64.5 Å². The van der Waals surface area contributed by atoms with E-state index in [1.54, 1.807) is 11.8 Å². The molecule has 186 valence electrons. The van der Waals surface area contributed by atoms with Crippen molar-refractivity contribution in [1.29, 1.82) is 0 Å². The van der Waals surface area contributed by atoms with Crippen LogP contribution < -0.4 is 9.62 Å². The molecule has 1 amide bonds. The number of benzene rings is 2.